The average molecular weight is 300 g/mol. The number of pyridine rings is 1. The second-order valence-corrected chi connectivity index (χ2v) is 5.83. The molecule has 0 aliphatic rings. The monoisotopic (exact) mass is 299 g/mol. The summed E-state index contributed by atoms with van der Waals surface area (Å²) in [7, 11) is 0. The van der Waals surface area contributed by atoms with E-state index in [2.05, 4.69) is 48.5 Å². The molecular weight excluding hydrogens is 282 g/mol. The van der Waals surface area contributed by atoms with Gasteiger partial charge in [0.05, 0.1) is 0 Å². The summed E-state index contributed by atoms with van der Waals surface area (Å²) in [5.74, 6) is 1.51. The first-order valence-corrected chi connectivity index (χ1v) is 7.61. The van der Waals surface area contributed by atoms with Gasteiger partial charge in [-0.3, -0.25) is 4.57 Å². The second kappa shape index (κ2) is 5.49. The average Bonchev–Trinajstić information content (AvgIpc) is 2.78. The highest BCUT2D eigenvalue weighted by atomic mass is 35.5. The maximum absolute atomic E-state index is 5.95. The quantitative estimate of drug-likeness (QED) is 0.681. The summed E-state index contributed by atoms with van der Waals surface area (Å²) in [6.07, 6.45) is 2.56. The van der Waals surface area contributed by atoms with Gasteiger partial charge in [0.15, 0.2) is 5.65 Å². The van der Waals surface area contributed by atoms with Crippen molar-refractivity contribution in [3.8, 4) is 5.69 Å². The van der Waals surface area contributed by atoms with Gasteiger partial charge < -0.3 is 0 Å². The molecule has 0 radical (unpaired) electrons. The number of rotatable bonds is 3. The zero-order valence-corrected chi connectivity index (χ0v) is 13.3. The van der Waals surface area contributed by atoms with Gasteiger partial charge in [0.1, 0.15) is 11.3 Å². The van der Waals surface area contributed by atoms with Gasteiger partial charge in [-0.15, -0.1) is 11.6 Å². The van der Waals surface area contributed by atoms with E-state index < -0.39 is 0 Å². The summed E-state index contributed by atoms with van der Waals surface area (Å²) in [4.78, 5) is 9.29. The van der Waals surface area contributed by atoms with E-state index in [1.54, 1.807) is 0 Å². The standard InChI is InChI=1S/C17H18ClN3/c1-11-8-12(2)10-14(9-11)21-15(4-6-18)20-16-13(3)5-7-19-17(16)21/h5,7-10H,4,6H2,1-3H3. The van der Waals surface area contributed by atoms with Crippen LogP contribution in [0.3, 0.4) is 0 Å². The van der Waals surface area contributed by atoms with Crippen LogP contribution in [0.1, 0.15) is 22.5 Å². The molecule has 3 nitrogen and oxygen atoms in total. The normalized spacial score (nSPS) is 11.2. The van der Waals surface area contributed by atoms with Crippen molar-refractivity contribution in [2.75, 3.05) is 5.88 Å². The first-order valence-electron chi connectivity index (χ1n) is 7.07. The predicted octanol–water partition coefficient (Wildman–Crippen LogP) is 4.13. The number of alkyl halides is 1. The number of hydrogen-bond donors (Lipinski definition) is 0. The number of aromatic nitrogens is 3. The van der Waals surface area contributed by atoms with Crippen LogP contribution in [0, 0.1) is 20.8 Å². The summed E-state index contributed by atoms with van der Waals surface area (Å²) in [6, 6.07) is 8.49. The van der Waals surface area contributed by atoms with Crippen molar-refractivity contribution in [3.05, 3.63) is 53.0 Å². The van der Waals surface area contributed by atoms with E-state index in [1.165, 1.54) is 11.1 Å². The second-order valence-electron chi connectivity index (χ2n) is 5.45. The Morgan fingerprint density at radius 1 is 1.10 bits per heavy atom. The maximum Gasteiger partial charge on any atom is 0.164 e. The summed E-state index contributed by atoms with van der Waals surface area (Å²) >= 11 is 5.95. The molecular formula is C17H18ClN3. The summed E-state index contributed by atoms with van der Waals surface area (Å²) in [5.41, 5.74) is 6.57. The van der Waals surface area contributed by atoms with Crippen molar-refractivity contribution in [3.63, 3.8) is 0 Å². The Bertz CT molecular complexity index is 785. The van der Waals surface area contributed by atoms with E-state index in [9.17, 15) is 0 Å². The van der Waals surface area contributed by atoms with Gasteiger partial charge >= 0.3 is 0 Å². The zero-order valence-electron chi connectivity index (χ0n) is 12.5. The highest BCUT2D eigenvalue weighted by Gasteiger charge is 2.15. The summed E-state index contributed by atoms with van der Waals surface area (Å²) < 4.78 is 2.13. The van der Waals surface area contributed by atoms with Crippen LogP contribution in [-0.4, -0.2) is 20.4 Å². The maximum atomic E-state index is 5.95. The van der Waals surface area contributed by atoms with Gasteiger partial charge in [-0.2, -0.15) is 0 Å². The van der Waals surface area contributed by atoms with Crippen molar-refractivity contribution in [2.45, 2.75) is 27.2 Å². The summed E-state index contributed by atoms with van der Waals surface area (Å²) in [6.45, 7) is 6.28. The minimum absolute atomic E-state index is 0.549. The molecule has 0 amide bonds. The van der Waals surface area contributed by atoms with Gasteiger partial charge in [0.2, 0.25) is 0 Å². The molecule has 0 bridgehead atoms. The lowest BCUT2D eigenvalue weighted by atomic mass is 10.1. The van der Waals surface area contributed by atoms with Crippen LogP contribution in [0.25, 0.3) is 16.9 Å². The third-order valence-corrected chi connectivity index (χ3v) is 3.79. The molecule has 4 heteroatoms. The van der Waals surface area contributed by atoms with E-state index in [0.717, 1.165) is 34.7 Å². The number of halogens is 1. The third kappa shape index (κ3) is 2.54. The topological polar surface area (TPSA) is 30.7 Å². The Hall–Kier alpha value is -1.87. The molecule has 3 rings (SSSR count). The number of imidazole rings is 1. The molecule has 108 valence electrons. The Morgan fingerprint density at radius 2 is 1.81 bits per heavy atom. The molecule has 0 atom stereocenters. The van der Waals surface area contributed by atoms with E-state index in [1.807, 2.05) is 12.3 Å². The number of hydrogen-bond acceptors (Lipinski definition) is 2. The SMILES string of the molecule is Cc1cc(C)cc(-n2c(CCCl)nc3c(C)ccnc32)c1. The van der Waals surface area contributed by atoms with Gasteiger partial charge in [-0.25, -0.2) is 9.97 Å². The number of nitrogens with zero attached hydrogens (tertiary/aromatic N) is 3. The Balaban J connectivity index is 2.33. The van der Waals surface area contributed by atoms with Gasteiger partial charge in [-0.1, -0.05) is 6.07 Å². The van der Waals surface area contributed by atoms with Crippen LogP contribution in [0.5, 0.6) is 0 Å². The van der Waals surface area contributed by atoms with Crippen molar-refractivity contribution >= 4 is 22.8 Å². The molecule has 0 spiro atoms. The lowest BCUT2D eigenvalue weighted by Crippen LogP contribution is -2.03. The number of fused-ring (bicyclic) bond motifs is 1. The fourth-order valence-electron chi connectivity index (χ4n) is 2.74. The van der Waals surface area contributed by atoms with E-state index >= 15 is 0 Å². The third-order valence-electron chi connectivity index (χ3n) is 3.60. The van der Waals surface area contributed by atoms with Crippen molar-refractivity contribution in [1.29, 1.82) is 0 Å². The van der Waals surface area contributed by atoms with Crippen LogP contribution in [0.15, 0.2) is 30.5 Å². The zero-order chi connectivity index (χ0) is 15.0. The van der Waals surface area contributed by atoms with Gasteiger partial charge in [0.25, 0.3) is 0 Å². The number of aryl methyl sites for hydroxylation is 4. The van der Waals surface area contributed by atoms with Crippen LogP contribution < -0.4 is 0 Å². The minimum Gasteiger partial charge on any atom is -0.281 e. The highest BCUT2D eigenvalue weighted by Crippen LogP contribution is 2.24. The Kier molecular flexibility index (Phi) is 3.68. The molecule has 2 heterocycles. The van der Waals surface area contributed by atoms with Crippen molar-refractivity contribution < 1.29 is 0 Å². The Labute approximate surface area is 129 Å². The van der Waals surface area contributed by atoms with Gasteiger partial charge in [0, 0.05) is 24.2 Å². The molecule has 0 N–H and O–H groups in total. The molecule has 0 aliphatic carbocycles. The lowest BCUT2D eigenvalue weighted by Gasteiger charge is -2.10. The van der Waals surface area contributed by atoms with E-state index in [0.29, 0.717) is 5.88 Å². The molecule has 0 fully saturated rings. The van der Waals surface area contributed by atoms with Crippen LogP contribution >= 0.6 is 11.6 Å². The molecule has 0 unspecified atom stereocenters. The molecule has 0 saturated carbocycles. The highest BCUT2D eigenvalue weighted by molar-refractivity contribution is 6.17. The first-order chi connectivity index (χ1) is 10.1. The lowest BCUT2D eigenvalue weighted by molar-refractivity contribution is 0.903. The molecule has 21 heavy (non-hydrogen) atoms. The fraction of sp³-hybridized carbons (Fsp3) is 0.294. The molecule has 0 aliphatic heterocycles. The van der Waals surface area contributed by atoms with E-state index in [-0.39, 0.29) is 0 Å². The largest absolute Gasteiger partial charge is 0.281 e. The van der Waals surface area contributed by atoms with Gasteiger partial charge in [-0.05, 0) is 55.7 Å². The number of benzene rings is 1. The molecule has 3 aromatic rings. The smallest absolute Gasteiger partial charge is 0.164 e. The van der Waals surface area contributed by atoms with Crippen LogP contribution in [0.4, 0.5) is 0 Å². The predicted molar refractivity (Wildman–Crippen MR) is 87.5 cm³/mol. The fourth-order valence-corrected chi connectivity index (χ4v) is 2.91. The van der Waals surface area contributed by atoms with Crippen LogP contribution in [0.2, 0.25) is 0 Å². The molecule has 2 aromatic heterocycles. The Morgan fingerprint density at radius 3 is 2.48 bits per heavy atom. The summed E-state index contributed by atoms with van der Waals surface area (Å²) in [5, 5.41) is 0. The van der Waals surface area contributed by atoms with Crippen molar-refractivity contribution in [1.82, 2.24) is 14.5 Å². The van der Waals surface area contributed by atoms with Crippen molar-refractivity contribution in [2.24, 2.45) is 0 Å². The minimum atomic E-state index is 0.549. The van der Waals surface area contributed by atoms with Crippen LogP contribution in [-0.2, 0) is 6.42 Å². The molecule has 1 aromatic carbocycles. The molecule has 0 saturated heterocycles. The van der Waals surface area contributed by atoms with E-state index in [4.69, 9.17) is 16.6 Å². The first kappa shape index (κ1) is 14.1.